The maximum absolute atomic E-state index is 12.7. The third-order valence-corrected chi connectivity index (χ3v) is 5.16. The van der Waals surface area contributed by atoms with E-state index in [1.165, 1.54) is 0 Å². The minimum atomic E-state index is -0.276. The maximum Gasteiger partial charge on any atom is 0.228 e. The Morgan fingerprint density at radius 3 is 2.75 bits per heavy atom. The minimum Gasteiger partial charge on any atom is -0.497 e. The van der Waals surface area contributed by atoms with Gasteiger partial charge in [-0.25, -0.2) is 0 Å². The standard InChI is InChI=1S/C21H23N3O4/c1-27-17-5-2-6-18(9-17)28-19-13-24(14-19)21(26)16-8-20(25)23(12-16)11-15-4-3-7-22-10-15/h2-7,9-10,16,19H,8,11-14H2,1H3. The number of nitrogens with zero attached hydrogens (tertiary/aromatic N) is 3. The highest BCUT2D eigenvalue weighted by atomic mass is 16.5. The molecule has 1 aromatic carbocycles. The van der Waals surface area contributed by atoms with Gasteiger partial charge in [-0.3, -0.25) is 14.6 Å². The number of hydrogen-bond acceptors (Lipinski definition) is 5. The van der Waals surface area contributed by atoms with Gasteiger partial charge in [0.15, 0.2) is 0 Å². The molecule has 0 spiro atoms. The normalized spacial score (nSPS) is 19.5. The molecule has 4 rings (SSSR count). The van der Waals surface area contributed by atoms with Crippen molar-refractivity contribution in [3.63, 3.8) is 0 Å². The van der Waals surface area contributed by atoms with E-state index in [1.807, 2.05) is 36.4 Å². The fourth-order valence-electron chi connectivity index (χ4n) is 3.62. The van der Waals surface area contributed by atoms with Gasteiger partial charge >= 0.3 is 0 Å². The molecule has 2 aromatic rings. The third kappa shape index (κ3) is 3.93. The van der Waals surface area contributed by atoms with E-state index in [9.17, 15) is 9.59 Å². The number of pyridine rings is 1. The summed E-state index contributed by atoms with van der Waals surface area (Å²) in [5.41, 5.74) is 0.972. The topological polar surface area (TPSA) is 72.0 Å². The van der Waals surface area contributed by atoms with Gasteiger partial charge in [0.1, 0.15) is 17.6 Å². The van der Waals surface area contributed by atoms with Crippen molar-refractivity contribution in [1.82, 2.24) is 14.8 Å². The summed E-state index contributed by atoms with van der Waals surface area (Å²) >= 11 is 0. The van der Waals surface area contributed by atoms with E-state index in [4.69, 9.17) is 9.47 Å². The molecule has 1 unspecified atom stereocenters. The monoisotopic (exact) mass is 381 g/mol. The number of methoxy groups -OCH3 is 1. The van der Waals surface area contributed by atoms with Crippen LogP contribution in [0, 0.1) is 5.92 Å². The van der Waals surface area contributed by atoms with Crippen LogP contribution >= 0.6 is 0 Å². The van der Waals surface area contributed by atoms with Gasteiger partial charge < -0.3 is 19.3 Å². The molecule has 7 nitrogen and oxygen atoms in total. The number of ether oxygens (including phenoxy) is 2. The molecule has 2 amide bonds. The number of carbonyl (C=O) groups excluding carboxylic acids is 2. The van der Waals surface area contributed by atoms with Crippen LogP contribution in [0.1, 0.15) is 12.0 Å². The number of carbonyl (C=O) groups is 2. The van der Waals surface area contributed by atoms with Crippen molar-refractivity contribution in [2.75, 3.05) is 26.7 Å². The van der Waals surface area contributed by atoms with Gasteiger partial charge in [-0.1, -0.05) is 12.1 Å². The molecule has 0 aliphatic carbocycles. The predicted octanol–water partition coefficient (Wildman–Crippen LogP) is 1.73. The molecule has 0 bridgehead atoms. The van der Waals surface area contributed by atoms with Gasteiger partial charge in [0.2, 0.25) is 11.8 Å². The lowest BCUT2D eigenvalue weighted by atomic mass is 10.0. The second-order valence-corrected chi connectivity index (χ2v) is 7.20. The summed E-state index contributed by atoms with van der Waals surface area (Å²) in [5.74, 6) is 1.25. The first-order chi connectivity index (χ1) is 13.6. The number of likely N-dealkylation sites (tertiary alicyclic amines) is 2. The second-order valence-electron chi connectivity index (χ2n) is 7.20. The summed E-state index contributed by atoms with van der Waals surface area (Å²) in [7, 11) is 1.61. The van der Waals surface area contributed by atoms with Crippen molar-refractivity contribution in [1.29, 1.82) is 0 Å². The molecule has 146 valence electrons. The number of aromatic nitrogens is 1. The highest BCUT2D eigenvalue weighted by molar-refractivity contribution is 5.89. The SMILES string of the molecule is COc1cccc(OC2CN(C(=O)C3CC(=O)N(Cc4cccnc4)C3)C2)c1. The van der Waals surface area contributed by atoms with Crippen LogP contribution in [0.5, 0.6) is 11.5 Å². The van der Waals surface area contributed by atoms with Crippen LogP contribution < -0.4 is 9.47 Å². The molecular weight excluding hydrogens is 358 g/mol. The van der Waals surface area contributed by atoms with Crippen LogP contribution in [0.2, 0.25) is 0 Å². The van der Waals surface area contributed by atoms with E-state index in [-0.39, 0.29) is 30.3 Å². The second kappa shape index (κ2) is 7.88. The van der Waals surface area contributed by atoms with Crippen molar-refractivity contribution < 1.29 is 19.1 Å². The highest BCUT2D eigenvalue weighted by Crippen LogP contribution is 2.26. The Labute approximate surface area is 163 Å². The Morgan fingerprint density at radius 1 is 1.18 bits per heavy atom. The zero-order chi connectivity index (χ0) is 19.5. The lowest BCUT2D eigenvalue weighted by Crippen LogP contribution is -2.57. The molecule has 2 saturated heterocycles. The van der Waals surface area contributed by atoms with Gasteiger partial charge in [0.05, 0.1) is 26.1 Å². The fourth-order valence-corrected chi connectivity index (χ4v) is 3.62. The van der Waals surface area contributed by atoms with E-state index in [2.05, 4.69) is 4.98 Å². The molecule has 1 atom stereocenters. The molecule has 28 heavy (non-hydrogen) atoms. The average molecular weight is 381 g/mol. The van der Waals surface area contributed by atoms with E-state index in [0.717, 1.165) is 17.1 Å². The Hall–Kier alpha value is -3.09. The van der Waals surface area contributed by atoms with Crippen molar-refractivity contribution in [2.45, 2.75) is 19.1 Å². The number of benzene rings is 1. The van der Waals surface area contributed by atoms with Crippen LogP contribution in [-0.4, -0.2) is 59.4 Å². The predicted molar refractivity (Wildman–Crippen MR) is 102 cm³/mol. The van der Waals surface area contributed by atoms with Crippen molar-refractivity contribution >= 4 is 11.8 Å². The molecule has 2 aliphatic heterocycles. The zero-order valence-corrected chi connectivity index (χ0v) is 15.8. The molecule has 0 saturated carbocycles. The Kier molecular flexibility index (Phi) is 5.14. The molecular formula is C21H23N3O4. The Balaban J connectivity index is 1.27. The third-order valence-electron chi connectivity index (χ3n) is 5.16. The molecule has 1 aromatic heterocycles. The van der Waals surface area contributed by atoms with E-state index < -0.39 is 0 Å². The van der Waals surface area contributed by atoms with Gasteiger partial charge in [-0.05, 0) is 23.8 Å². The Bertz CT molecular complexity index is 852. The first kappa shape index (κ1) is 18.3. The largest absolute Gasteiger partial charge is 0.497 e. The summed E-state index contributed by atoms with van der Waals surface area (Å²) in [4.78, 5) is 32.6. The average Bonchev–Trinajstić information content (AvgIpc) is 3.05. The summed E-state index contributed by atoms with van der Waals surface area (Å²) in [6.07, 6.45) is 3.70. The van der Waals surface area contributed by atoms with Crippen LogP contribution in [0.25, 0.3) is 0 Å². The van der Waals surface area contributed by atoms with Crippen LogP contribution in [0.15, 0.2) is 48.8 Å². The quantitative estimate of drug-likeness (QED) is 0.762. The summed E-state index contributed by atoms with van der Waals surface area (Å²) in [6, 6.07) is 11.2. The van der Waals surface area contributed by atoms with Crippen LogP contribution in [-0.2, 0) is 16.1 Å². The maximum atomic E-state index is 12.7. The van der Waals surface area contributed by atoms with E-state index in [1.54, 1.807) is 29.3 Å². The highest BCUT2D eigenvalue weighted by Gasteiger charge is 2.41. The molecule has 0 radical (unpaired) electrons. The minimum absolute atomic E-state index is 0.0203. The van der Waals surface area contributed by atoms with Gasteiger partial charge in [-0.2, -0.15) is 0 Å². The first-order valence-corrected chi connectivity index (χ1v) is 9.38. The Morgan fingerprint density at radius 2 is 2.00 bits per heavy atom. The number of rotatable bonds is 6. The zero-order valence-electron chi connectivity index (χ0n) is 15.8. The fraction of sp³-hybridized carbons (Fsp3) is 0.381. The lowest BCUT2D eigenvalue weighted by molar-refractivity contribution is -0.144. The van der Waals surface area contributed by atoms with Crippen LogP contribution in [0.3, 0.4) is 0 Å². The smallest absolute Gasteiger partial charge is 0.228 e. The number of hydrogen-bond donors (Lipinski definition) is 0. The summed E-state index contributed by atoms with van der Waals surface area (Å²) in [5, 5.41) is 0. The van der Waals surface area contributed by atoms with Crippen molar-refractivity contribution in [2.24, 2.45) is 5.92 Å². The van der Waals surface area contributed by atoms with Gasteiger partial charge in [0.25, 0.3) is 0 Å². The van der Waals surface area contributed by atoms with Crippen LogP contribution in [0.4, 0.5) is 0 Å². The summed E-state index contributed by atoms with van der Waals surface area (Å²) in [6.45, 7) is 2.05. The van der Waals surface area contributed by atoms with Crippen molar-refractivity contribution in [3.8, 4) is 11.5 Å². The van der Waals surface area contributed by atoms with Crippen molar-refractivity contribution in [3.05, 3.63) is 54.4 Å². The molecule has 7 heteroatoms. The molecule has 2 aliphatic rings. The van der Waals surface area contributed by atoms with Gasteiger partial charge in [-0.15, -0.1) is 0 Å². The van der Waals surface area contributed by atoms with Gasteiger partial charge in [0, 0.05) is 38.0 Å². The molecule has 0 N–H and O–H groups in total. The molecule has 3 heterocycles. The van der Waals surface area contributed by atoms with E-state index >= 15 is 0 Å². The number of amides is 2. The molecule has 2 fully saturated rings. The summed E-state index contributed by atoms with van der Waals surface area (Å²) < 4.78 is 11.1. The van der Waals surface area contributed by atoms with E-state index in [0.29, 0.717) is 26.2 Å². The first-order valence-electron chi connectivity index (χ1n) is 9.38. The lowest BCUT2D eigenvalue weighted by Gasteiger charge is -2.40.